The molecule has 0 atom stereocenters. The van der Waals surface area contributed by atoms with Gasteiger partial charge in [0, 0.05) is 16.5 Å². The molecule has 0 spiro atoms. The first-order chi connectivity index (χ1) is 14.0. The number of ether oxygens (including phenoxy) is 1. The Labute approximate surface area is 172 Å². The normalized spacial score (nSPS) is 11.0. The number of benzene rings is 3. The number of carbonyl (C=O) groups excluding carboxylic acids is 1. The number of hydrogen-bond donors (Lipinski definition) is 1. The van der Waals surface area contributed by atoms with Crippen molar-refractivity contribution in [1.82, 2.24) is 4.57 Å². The Morgan fingerprint density at radius 1 is 1.03 bits per heavy atom. The Kier molecular flexibility index (Phi) is 4.99. The summed E-state index contributed by atoms with van der Waals surface area (Å²) in [7, 11) is 1.54. The monoisotopic (exact) mass is 406 g/mol. The summed E-state index contributed by atoms with van der Waals surface area (Å²) >= 11 is 6.15. The summed E-state index contributed by atoms with van der Waals surface area (Å²) < 4.78 is 7.01. The zero-order chi connectivity index (χ0) is 20.5. The predicted molar refractivity (Wildman–Crippen MR) is 117 cm³/mol. The molecule has 0 fully saturated rings. The number of hydrogen-bond acceptors (Lipinski definition) is 3. The highest BCUT2D eigenvalue weighted by molar-refractivity contribution is 6.32. The van der Waals surface area contributed by atoms with Gasteiger partial charge in [-0.1, -0.05) is 35.4 Å². The van der Waals surface area contributed by atoms with E-state index in [0.717, 1.165) is 16.6 Å². The molecule has 3 aromatic carbocycles. The largest absolute Gasteiger partial charge is 0.495 e. The van der Waals surface area contributed by atoms with Gasteiger partial charge in [-0.3, -0.25) is 9.59 Å². The molecule has 0 bridgehead atoms. The molecule has 0 radical (unpaired) electrons. The number of nitrogens with one attached hydrogen (secondary N) is 1. The fourth-order valence-corrected chi connectivity index (χ4v) is 3.76. The number of anilines is 1. The van der Waals surface area contributed by atoms with Crippen molar-refractivity contribution in [2.45, 2.75) is 13.5 Å². The minimum Gasteiger partial charge on any atom is -0.495 e. The van der Waals surface area contributed by atoms with Crippen LogP contribution < -0.4 is 15.5 Å². The number of amides is 1. The SMILES string of the molecule is COc1ccc(NC(=O)Cn2c3ccccc3c(=O)c3cc(C)ccc32)cc1Cl. The highest BCUT2D eigenvalue weighted by Crippen LogP contribution is 2.27. The minimum atomic E-state index is -0.220. The second kappa shape index (κ2) is 7.60. The molecule has 0 aliphatic heterocycles. The topological polar surface area (TPSA) is 60.3 Å². The summed E-state index contributed by atoms with van der Waals surface area (Å²) in [5.74, 6) is 0.319. The van der Waals surface area contributed by atoms with Crippen molar-refractivity contribution in [2.24, 2.45) is 0 Å². The lowest BCUT2D eigenvalue weighted by Gasteiger charge is -2.16. The molecule has 1 amide bonds. The number of nitrogens with zero attached hydrogens (tertiary/aromatic N) is 1. The number of rotatable bonds is 4. The Bertz CT molecular complexity index is 1310. The van der Waals surface area contributed by atoms with Crippen molar-refractivity contribution in [2.75, 3.05) is 12.4 Å². The van der Waals surface area contributed by atoms with E-state index in [9.17, 15) is 9.59 Å². The van der Waals surface area contributed by atoms with Crippen LogP contribution in [-0.4, -0.2) is 17.6 Å². The van der Waals surface area contributed by atoms with Crippen molar-refractivity contribution in [3.8, 4) is 5.75 Å². The van der Waals surface area contributed by atoms with Gasteiger partial charge in [0.25, 0.3) is 0 Å². The van der Waals surface area contributed by atoms with E-state index >= 15 is 0 Å². The van der Waals surface area contributed by atoms with E-state index in [0.29, 0.717) is 27.2 Å². The van der Waals surface area contributed by atoms with Crippen molar-refractivity contribution >= 4 is 45.0 Å². The fraction of sp³-hybridized carbons (Fsp3) is 0.130. The quantitative estimate of drug-likeness (QED) is 0.497. The molecule has 0 unspecified atom stereocenters. The van der Waals surface area contributed by atoms with Crippen molar-refractivity contribution in [3.63, 3.8) is 0 Å². The summed E-state index contributed by atoms with van der Waals surface area (Å²) in [6, 6.07) is 18.1. The van der Waals surface area contributed by atoms with Crippen LogP contribution in [0.5, 0.6) is 5.75 Å². The lowest BCUT2D eigenvalue weighted by Crippen LogP contribution is -2.21. The van der Waals surface area contributed by atoms with Crippen LogP contribution in [0, 0.1) is 6.92 Å². The van der Waals surface area contributed by atoms with Crippen LogP contribution in [0.3, 0.4) is 0 Å². The molecule has 1 heterocycles. The standard InChI is InChI=1S/C23H19ClN2O3/c1-14-7-9-20-17(11-14)23(28)16-5-3-4-6-19(16)26(20)13-22(27)25-15-8-10-21(29-2)18(24)12-15/h3-12H,13H2,1-2H3,(H,25,27). The maximum Gasteiger partial charge on any atom is 0.244 e. The highest BCUT2D eigenvalue weighted by Gasteiger charge is 2.14. The van der Waals surface area contributed by atoms with E-state index in [1.807, 2.05) is 47.9 Å². The lowest BCUT2D eigenvalue weighted by atomic mass is 10.1. The molecule has 4 rings (SSSR count). The van der Waals surface area contributed by atoms with Gasteiger partial charge in [0.15, 0.2) is 5.43 Å². The first-order valence-corrected chi connectivity index (χ1v) is 9.51. The number of methoxy groups -OCH3 is 1. The Morgan fingerprint density at radius 2 is 1.79 bits per heavy atom. The molecule has 6 heteroatoms. The molecular weight excluding hydrogens is 388 g/mol. The third-order valence-electron chi connectivity index (χ3n) is 4.86. The van der Waals surface area contributed by atoms with Crippen molar-refractivity contribution in [3.05, 3.63) is 81.5 Å². The van der Waals surface area contributed by atoms with E-state index in [-0.39, 0.29) is 17.9 Å². The summed E-state index contributed by atoms with van der Waals surface area (Å²) in [6.07, 6.45) is 0. The predicted octanol–water partition coefficient (Wildman–Crippen LogP) is 4.76. The van der Waals surface area contributed by atoms with Gasteiger partial charge in [-0.15, -0.1) is 0 Å². The van der Waals surface area contributed by atoms with Gasteiger partial charge in [-0.05, 0) is 49.4 Å². The summed E-state index contributed by atoms with van der Waals surface area (Å²) in [6.45, 7) is 2.00. The summed E-state index contributed by atoms with van der Waals surface area (Å²) in [5, 5.41) is 4.47. The smallest absolute Gasteiger partial charge is 0.244 e. The highest BCUT2D eigenvalue weighted by atomic mass is 35.5. The lowest BCUT2D eigenvalue weighted by molar-refractivity contribution is -0.116. The molecule has 5 nitrogen and oxygen atoms in total. The maximum atomic E-state index is 12.9. The van der Waals surface area contributed by atoms with Crippen LogP contribution in [0.15, 0.2) is 65.5 Å². The molecule has 0 aliphatic carbocycles. The van der Waals surface area contributed by atoms with E-state index in [1.165, 1.54) is 7.11 Å². The molecule has 1 N–H and O–H groups in total. The molecular formula is C23H19ClN2O3. The third-order valence-corrected chi connectivity index (χ3v) is 5.16. The van der Waals surface area contributed by atoms with Crippen molar-refractivity contribution in [1.29, 1.82) is 0 Å². The fourth-order valence-electron chi connectivity index (χ4n) is 3.50. The van der Waals surface area contributed by atoms with Gasteiger partial charge in [0.2, 0.25) is 5.91 Å². The van der Waals surface area contributed by atoms with E-state index in [1.54, 1.807) is 24.3 Å². The number of fused-ring (bicyclic) bond motifs is 2. The third kappa shape index (κ3) is 3.57. The van der Waals surface area contributed by atoms with Gasteiger partial charge < -0.3 is 14.6 Å². The molecule has 29 heavy (non-hydrogen) atoms. The Balaban J connectivity index is 1.76. The Hall–Kier alpha value is -3.31. The maximum absolute atomic E-state index is 12.9. The summed E-state index contributed by atoms with van der Waals surface area (Å²) in [4.78, 5) is 25.7. The molecule has 146 valence electrons. The number of para-hydroxylation sites is 1. The second-order valence-corrected chi connectivity index (χ2v) is 7.26. The van der Waals surface area contributed by atoms with E-state index in [2.05, 4.69) is 5.32 Å². The summed E-state index contributed by atoms with van der Waals surface area (Å²) in [5.41, 5.74) is 2.98. The minimum absolute atomic E-state index is 0.0297. The van der Waals surface area contributed by atoms with Crippen LogP contribution in [0.4, 0.5) is 5.69 Å². The van der Waals surface area contributed by atoms with Crippen LogP contribution in [0.1, 0.15) is 5.56 Å². The van der Waals surface area contributed by atoms with Gasteiger partial charge in [-0.25, -0.2) is 0 Å². The first kappa shape index (κ1) is 19.0. The number of aromatic nitrogens is 1. The molecule has 4 aromatic rings. The van der Waals surface area contributed by atoms with Crippen LogP contribution in [-0.2, 0) is 11.3 Å². The molecule has 0 aliphatic rings. The first-order valence-electron chi connectivity index (χ1n) is 9.13. The average molecular weight is 407 g/mol. The van der Waals surface area contributed by atoms with Gasteiger partial charge in [0.05, 0.1) is 23.2 Å². The second-order valence-electron chi connectivity index (χ2n) is 6.85. The van der Waals surface area contributed by atoms with Gasteiger partial charge in [-0.2, -0.15) is 0 Å². The average Bonchev–Trinajstić information content (AvgIpc) is 2.71. The zero-order valence-corrected chi connectivity index (χ0v) is 16.8. The van der Waals surface area contributed by atoms with Gasteiger partial charge >= 0.3 is 0 Å². The van der Waals surface area contributed by atoms with Crippen LogP contribution in [0.25, 0.3) is 21.8 Å². The molecule has 0 saturated heterocycles. The van der Waals surface area contributed by atoms with Crippen LogP contribution >= 0.6 is 11.6 Å². The van der Waals surface area contributed by atoms with E-state index in [4.69, 9.17) is 16.3 Å². The molecule has 1 aromatic heterocycles. The van der Waals surface area contributed by atoms with E-state index < -0.39 is 0 Å². The van der Waals surface area contributed by atoms with Crippen LogP contribution in [0.2, 0.25) is 5.02 Å². The number of aryl methyl sites for hydroxylation is 1. The number of pyridine rings is 1. The zero-order valence-electron chi connectivity index (χ0n) is 16.0. The van der Waals surface area contributed by atoms with Crippen molar-refractivity contribution < 1.29 is 9.53 Å². The number of carbonyl (C=O) groups is 1. The molecule has 0 saturated carbocycles. The van der Waals surface area contributed by atoms with Gasteiger partial charge in [0.1, 0.15) is 12.3 Å². The number of halogens is 1. The Morgan fingerprint density at radius 3 is 2.55 bits per heavy atom.